The molecular formula is C11H10Br2N4O. The van der Waals surface area contributed by atoms with Crippen LogP contribution in [0.5, 0.6) is 0 Å². The number of hydrogen-bond acceptors (Lipinski definition) is 3. The Labute approximate surface area is 121 Å². The molecule has 0 radical (unpaired) electrons. The molecule has 1 heterocycles. The number of carbonyl (C=O) groups is 1. The Morgan fingerprint density at radius 1 is 1.44 bits per heavy atom. The zero-order valence-electron chi connectivity index (χ0n) is 9.50. The first-order valence-corrected chi connectivity index (χ1v) is 6.86. The Hall–Kier alpha value is -1.21. The van der Waals surface area contributed by atoms with Crippen molar-refractivity contribution >= 4 is 43.5 Å². The quantitative estimate of drug-likeness (QED) is 0.868. The number of nitrogens with zero attached hydrogens (tertiary/aromatic N) is 2. The summed E-state index contributed by atoms with van der Waals surface area (Å²) in [5.41, 5.74) is 0.672. The van der Waals surface area contributed by atoms with Crippen LogP contribution < -0.4 is 5.32 Å². The van der Waals surface area contributed by atoms with E-state index in [1.165, 1.54) is 0 Å². The van der Waals surface area contributed by atoms with E-state index in [1.807, 2.05) is 19.1 Å². The summed E-state index contributed by atoms with van der Waals surface area (Å²) in [5, 5.41) is 9.30. The fraction of sp³-hybridized carbons (Fsp3) is 0.182. The van der Waals surface area contributed by atoms with Crippen molar-refractivity contribution in [3.05, 3.63) is 38.8 Å². The number of rotatable bonds is 3. The van der Waals surface area contributed by atoms with Crippen LogP contribution in [0.15, 0.2) is 27.1 Å². The average molecular weight is 374 g/mol. The number of carbonyl (C=O) groups excluding carboxylic acids is 1. The van der Waals surface area contributed by atoms with Gasteiger partial charge in [-0.05, 0) is 34.1 Å². The Kier molecular flexibility index (Phi) is 4.13. The summed E-state index contributed by atoms with van der Waals surface area (Å²) in [6, 6.07) is 5.49. The predicted molar refractivity (Wildman–Crippen MR) is 75.6 cm³/mol. The molecule has 0 aliphatic carbocycles. The van der Waals surface area contributed by atoms with Crippen molar-refractivity contribution in [2.45, 2.75) is 13.3 Å². The van der Waals surface area contributed by atoms with Crippen LogP contribution in [0.1, 0.15) is 23.4 Å². The third-order valence-electron chi connectivity index (χ3n) is 2.25. The number of amides is 1. The number of aromatic nitrogens is 3. The van der Waals surface area contributed by atoms with Gasteiger partial charge >= 0.3 is 0 Å². The van der Waals surface area contributed by atoms with Gasteiger partial charge in [-0.1, -0.05) is 22.9 Å². The van der Waals surface area contributed by atoms with Gasteiger partial charge in [0.05, 0.1) is 5.69 Å². The van der Waals surface area contributed by atoms with E-state index in [0.717, 1.165) is 8.95 Å². The lowest BCUT2D eigenvalue weighted by atomic mass is 10.3. The lowest BCUT2D eigenvalue weighted by molar-refractivity contribution is 0.101. The molecule has 2 N–H and O–H groups in total. The molecule has 5 nitrogen and oxygen atoms in total. The maximum Gasteiger partial charge on any atom is 0.295 e. The van der Waals surface area contributed by atoms with Gasteiger partial charge in [-0.3, -0.25) is 9.89 Å². The Morgan fingerprint density at radius 2 is 2.22 bits per heavy atom. The SMILES string of the molecule is CCc1nc(C(=O)Nc2ccc(Br)cc2Br)n[nH]1. The van der Waals surface area contributed by atoms with Gasteiger partial charge in [0.1, 0.15) is 5.82 Å². The van der Waals surface area contributed by atoms with Crippen LogP contribution >= 0.6 is 31.9 Å². The van der Waals surface area contributed by atoms with Gasteiger partial charge in [0.2, 0.25) is 5.82 Å². The number of nitrogens with one attached hydrogen (secondary N) is 2. The Bertz CT molecular complexity index is 582. The van der Waals surface area contributed by atoms with Crippen molar-refractivity contribution in [1.82, 2.24) is 15.2 Å². The van der Waals surface area contributed by atoms with Gasteiger partial charge in [-0.25, -0.2) is 4.98 Å². The van der Waals surface area contributed by atoms with Crippen molar-refractivity contribution in [2.24, 2.45) is 0 Å². The van der Waals surface area contributed by atoms with Crippen LogP contribution in [0, 0.1) is 0 Å². The number of anilines is 1. The number of hydrogen-bond donors (Lipinski definition) is 2. The summed E-state index contributed by atoms with van der Waals surface area (Å²) < 4.78 is 1.72. The van der Waals surface area contributed by atoms with Gasteiger partial charge < -0.3 is 5.32 Å². The highest BCUT2D eigenvalue weighted by Crippen LogP contribution is 2.26. The first-order valence-electron chi connectivity index (χ1n) is 5.28. The van der Waals surface area contributed by atoms with E-state index in [-0.39, 0.29) is 11.7 Å². The highest BCUT2D eigenvalue weighted by molar-refractivity contribution is 9.11. The molecule has 0 saturated heterocycles. The normalized spacial score (nSPS) is 10.4. The number of halogens is 2. The Morgan fingerprint density at radius 3 is 2.83 bits per heavy atom. The second-order valence-corrected chi connectivity index (χ2v) is 5.31. The van der Waals surface area contributed by atoms with Crippen molar-refractivity contribution in [1.29, 1.82) is 0 Å². The maximum absolute atomic E-state index is 11.9. The fourth-order valence-electron chi connectivity index (χ4n) is 1.32. The summed E-state index contributed by atoms with van der Waals surface area (Å²) >= 11 is 6.72. The van der Waals surface area contributed by atoms with Gasteiger partial charge in [0.25, 0.3) is 5.91 Å². The van der Waals surface area contributed by atoms with Crippen LogP contribution in [-0.4, -0.2) is 21.1 Å². The monoisotopic (exact) mass is 372 g/mol. The van der Waals surface area contributed by atoms with Crippen LogP contribution in [0.3, 0.4) is 0 Å². The predicted octanol–water partition coefficient (Wildman–Crippen LogP) is 3.14. The molecule has 0 unspecified atom stereocenters. The highest BCUT2D eigenvalue weighted by Gasteiger charge is 2.13. The van der Waals surface area contributed by atoms with E-state index in [2.05, 4.69) is 52.4 Å². The molecule has 0 atom stereocenters. The zero-order chi connectivity index (χ0) is 13.1. The summed E-state index contributed by atoms with van der Waals surface area (Å²) in [5.74, 6) is 0.491. The maximum atomic E-state index is 11.9. The molecule has 0 aliphatic heterocycles. The van der Waals surface area contributed by atoms with E-state index in [9.17, 15) is 4.79 Å². The average Bonchev–Trinajstić information content (AvgIpc) is 2.81. The van der Waals surface area contributed by atoms with Gasteiger partial charge in [0, 0.05) is 15.4 Å². The first-order chi connectivity index (χ1) is 8.60. The van der Waals surface area contributed by atoms with Crippen molar-refractivity contribution in [3.8, 4) is 0 Å². The molecule has 1 amide bonds. The third kappa shape index (κ3) is 2.97. The molecule has 0 aliphatic rings. The van der Waals surface area contributed by atoms with Crippen LogP contribution in [0.4, 0.5) is 5.69 Å². The third-order valence-corrected chi connectivity index (χ3v) is 3.40. The standard InChI is InChI=1S/C11H10Br2N4O/c1-2-9-15-10(17-16-9)11(18)14-8-4-3-6(12)5-7(8)13/h3-5H,2H2,1H3,(H,14,18)(H,15,16,17). The lowest BCUT2D eigenvalue weighted by Gasteiger charge is -2.05. The zero-order valence-corrected chi connectivity index (χ0v) is 12.7. The highest BCUT2D eigenvalue weighted by atomic mass is 79.9. The molecule has 0 saturated carbocycles. The summed E-state index contributed by atoms with van der Waals surface area (Å²) in [4.78, 5) is 16.0. The number of aromatic amines is 1. The topological polar surface area (TPSA) is 70.7 Å². The number of benzene rings is 1. The van der Waals surface area contributed by atoms with Crippen molar-refractivity contribution < 1.29 is 4.79 Å². The smallest absolute Gasteiger partial charge is 0.295 e. The van der Waals surface area contributed by atoms with E-state index in [4.69, 9.17) is 0 Å². The van der Waals surface area contributed by atoms with Gasteiger partial charge in [0.15, 0.2) is 0 Å². The molecule has 1 aromatic carbocycles. The molecule has 2 rings (SSSR count). The Balaban J connectivity index is 2.16. The van der Waals surface area contributed by atoms with E-state index in [0.29, 0.717) is 17.9 Å². The minimum Gasteiger partial charge on any atom is -0.318 e. The van der Waals surface area contributed by atoms with Crippen molar-refractivity contribution in [2.75, 3.05) is 5.32 Å². The molecule has 7 heteroatoms. The van der Waals surface area contributed by atoms with E-state index >= 15 is 0 Å². The summed E-state index contributed by atoms with van der Waals surface area (Å²) in [7, 11) is 0. The van der Waals surface area contributed by atoms with E-state index in [1.54, 1.807) is 6.07 Å². The van der Waals surface area contributed by atoms with Crippen LogP contribution in [0.25, 0.3) is 0 Å². The van der Waals surface area contributed by atoms with Crippen LogP contribution in [0.2, 0.25) is 0 Å². The fourth-order valence-corrected chi connectivity index (χ4v) is 2.47. The molecule has 94 valence electrons. The summed E-state index contributed by atoms with van der Waals surface area (Å²) in [6.07, 6.45) is 0.711. The van der Waals surface area contributed by atoms with Gasteiger partial charge in [-0.2, -0.15) is 0 Å². The largest absolute Gasteiger partial charge is 0.318 e. The lowest BCUT2D eigenvalue weighted by Crippen LogP contribution is -2.14. The molecule has 18 heavy (non-hydrogen) atoms. The minimum absolute atomic E-state index is 0.140. The molecule has 0 bridgehead atoms. The number of H-pyrrole nitrogens is 1. The molecule has 1 aromatic heterocycles. The van der Waals surface area contributed by atoms with Crippen molar-refractivity contribution in [3.63, 3.8) is 0 Å². The second kappa shape index (κ2) is 5.62. The first kappa shape index (κ1) is 13.2. The van der Waals surface area contributed by atoms with Crippen LogP contribution in [-0.2, 0) is 6.42 Å². The minimum atomic E-state index is -0.339. The van der Waals surface area contributed by atoms with E-state index < -0.39 is 0 Å². The molecule has 2 aromatic rings. The molecule has 0 fully saturated rings. The number of aryl methyl sites for hydroxylation is 1. The molecule has 0 spiro atoms. The van der Waals surface area contributed by atoms with Gasteiger partial charge in [-0.15, -0.1) is 5.10 Å². The molecular weight excluding hydrogens is 364 g/mol. The second-order valence-electron chi connectivity index (χ2n) is 3.54. The summed E-state index contributed by atoms with van der Waals surface area (Å²) in [6.45, 7) is 1.94.